The third kappa shape index (κ3) is 7.59. The predicted octanol–water partition coefficient (Wildman–Crippen LogP) is 4.83. The van der Waals surface area contributed by atoms with Crippen molar-refractivity contribution in [1.29, 1.82) is 0 Å². The first kappa shape index (κ1) is 24.1. The molecule has 1 aliphatic carbocycles. The molecule has 1 fully saturated rings. The van der Waals surface area contributed by atoms with Crippen LogP contribution in [-0.2, 0) is 17.9 Å². The van der Waals surface area contributed by atoms with E-state index in [1.54, 1.807) is 19.2 Å². The largest absolute Gasteiger partial charge is 0.352 e. The quantitative estimate of drug-likeness (QED) is 0.288. The van der Waals surface area contributed by atoms with Crippen LogP contribution >= 0.6 is 24.0 Å². The summed E-state index contributed by atoms with van der Waals surface area (Å²) in [6, 6.07) is 14.2. The van der Waals surface area contributed by atoms with E-state index in [1.165, 1.54) is 18.6 Å². The van der Waals surface area contributed by atoms with E-state index in [0.29, 0.717) is 19.0 Å². The van der Waals surface area contributed by atoms with Gasteiger partial charge in [0.25, 0.3) is 0 Å². The molecular weight excluding hydrogens is 494 g/mol. The first-order valence-corrected chi connectivity index (χ1v) is 10.2. The Morgan fingerprint density at radius 2 is 1.67 bits per heavy atom. The molecule has 0 heterocycles. The molecule has 1 saturated carbocycles. The second-order valence-electron chi connectivity index (χ2n) is 7.43. The maximum Gasteiger partial charge on any atom is 0.227 e. The third-order valence-corrected chi connectivity index (χ3v) is 5.23. The second kappa shape index (κ2) is 12.5. The van der Waals surface area contributed by atoms with Crippen molar-refractivity contribution >= 4 is 41.5 Å². The molecule has 0 bridgehead atoms. The van der Waals surface area contributed by atoms with E-state index < -0.39 is 0 Å². The Bertz CT molecular complexity index is 835. The number of hydrogen-bond acceptors (Lipinski definition) is 2. The third-order valence-electron chi connectivity index (χ3n) is 5.23. The van der Waals surface area contributed by atoms with Gasteiger partial charge < -0.3 is 16.0 Å². The Balaban J connectivity index is 0.00000320. The van der Waals surface area contributed by atoms with Crippen LogP contribution in [-0.4, -0.2) is 18.9 Å². The molecule has 7 heteroatoms. The molecule has 1 amide bonds. The average Bonchev–Trinajstić information content (AvgIpc) is 2.76. The van der Waals surface area contributed by atoms with E-state index in [0.717, 1.165) is 42.5 Å². The van der Waals surface area contributed by atoms with Gasteiger partial charge in [-0.3, -0.25) is 9.79 Å². The Kier molecular flexibility index (Phi) is 10.1. The zero-order valence-corrected chi connectivity index (χ0v) is 19.6. The summed E-state index contributed by atoms with van der Waals surface area (Å²) in [6.45, 7) is 1.13. The lowest BCUT2D eigenvalue weighted by atomic mass is 9.88. The molecule has 0 spiro atoms. The van der Waals surface area contributed by atoms with Gasteiger partial charge in [-0.1, -0.05) is 43.5 Å². The van der Waals surface area contributed by atoms with Crippen LogP contribution in [0.3, 0.4) is 0 Å². The summed E-state index contributed by atoms with van der Waals surface area (Å²) < 4.78 is 13.0. The summed E-state index contributed by atoms with van der Waals surface area (Å²) in [5.41, 5.74) is 2.85. The highest BCUT2D eigenvalue weighted by molar-refractivity contribution is 14.0. The Hall–Kier alpha value is -2.16. The van der Waals surface area contributed by atoms with E-state index in [9.17, 15) is 9.18 Å². The van der Waals surface area contributed by atoms with E-state index in [2.05, 4.69) is 20.9 Å². The Morgan fingerprint density at radius 1 is 1.00 bits per heavy atom. The van der Waals surface area contributed by atoms with Crippen molar-refractivity contribution in [3.63, 3.8) is 0 Å². The van der Waals surface area contributed by atoms with E-state index >= 15 is 0 Å². The maximum atomic E-state index is 13.0. The zero-order chi connectivity index (χ0) is 20.5. The lowest BCUT2D eigenvalue weighted by Crippen LogP contribution is -2.36. The molecule has 2 aromatic carbocycles. The van der Waals surface area contributed by atoms with Gasteiger partial charge >= 0.3 is 0 Å². The van der Waals surface area contributed by atoms with Gasteiger partial charge in [0.05, 0.1) is 0 Å². The maximum absolute atomic E-state index is 13.0. The van der Waals surface area contributed by atoms with Gasteiger partial charge in [-0.25, -0.2) is 4.39 Å². The predicted molar refractivity (Wildman–Crippen MR) is 131 cm³/mol. The minimum Gasteiger partial charge on any atom is -0.352 e. The van der Waals surface area contributed by atoms with Crippen molar-refractivity contribution in [2.24, 2.45) is 10.9 Å². The zero-order valence-electron chi connectivity index (χ0n) is 17.3. The van der Waals surface area contributed by atoms with Crippen LogP contribution in [0, 0.1) is 11.7 Å². The van der Waals surface area contributed by atoms with Gasteiger partial charge in [0.15, 0.2) is 5.96 Å². The number of aliphatic imine (C=N–C) groups is 1. The van der Waals surface area contributed by atoms with Crippen molar-refractivity contribution in [3.8, 4) is 0 Å². The second-order valence-corrected chi connectivity index (χ2v) is 7.43. The molecule has 2 aromatic rings. The van der Waals surface area contributed by atoms with Gasteiger partial charge in [0.2, 0.25) is 5.91 Å². The van der Waals surface area contributed by atoms with E-state index in [4.69, 9.17) is 0 Å². The fourth-order valence-electron chi connectivity index (χ4n) is 3.56. The first-order valence-electron chi connectivity index (χ1n) is 10.2. The van der Waals surface area contributed by atoms with Crippen LogP contribution in [0.25, 0.3) is 0 Å². The Labute approximate surface area is 195 Å². The molecule has 0 aliphatic heterocycles. The van der Waals surface area contributed by atoms with Crippen LogP contribution in [0.5, 0.6) is 0 Å². The smallest absolute Gasteiger partial charge is 0.227 e. The minimum atomic E-state index is -0.244. The molecule has 0 radical (unpaired) electrons. The molecule has 0 atom stereocenters. The summed E-state index contributed by atoms with van der Waals surface area (Å²) in [5, 5.41) is 9.54. The van der Waals surface area contributed by atoms with Gasteiger partial charge in [-0.2, -0.15) is 0 Å². The molecule has 0 aromatic heterocycles. The monoisotopic (exact) mass is 524 g/mol. The molecule has 30 heavy (non-hydrogen) atoms. The Morgan fingerprint density at radius 3 is 2.33 bits per heavy atom. The SMILES string of the molecule is CN=C(NCc1ccc(F)cc1)NCc1cccc(NC(=O)C2CCCCC2)c1.I. The standard InChI is InChI=1S/C23H29FN4O.HI/c1-25-23(26-15-17-10-12-20(24)13-11-17)27-16-18-6-5-9-21(14-18)28-22(29)19-7-3-2-4-8-19;/h5-6,9-14,19H,2-4,7-8,15-16H2,1H3,(H,28,29)(H2,25,26,27);1H. The van der Waals surface area contributed by atoms with Crippen LogP contribution < -0.4 is 16.0 Å². The highest BCUT2D eigenvalue weighted by Crippen LogP contribution is 2.25. The molecule has 0 saturated heterocycles. The van der Waals surface area contributed by atoms with Crippen molar-refractivity contribution in [3.05, 3.63) is 65.5 Å². The number of nitrogens with one attached hydrogen (secondary N) is 3. The van der Waals surface area contributed by atoms with E-state index in [-0.39, 0.29) is 41.6 Å². The fraction of sp³-hybridized carbons (Fsp3) is 0.391. The van der Waals surface area contributed by atoms with Gasteiger partial charge in [-0.05, 0) is 48.2 Å². The number of rotatable bonds is 6. The number of carbonyl (C=O) groups excluding carboxylic acids is 1. The number of amides is 1. The highest BCUT2D eigenvalue weighted by atomic mass is 127. The number of halogens is 2. The van der Waals surface area contributed by atoms with Crippen molar-refractivity contribution in [2.45, 2.75) is 45.2 Å². The molecule has 1 aliphatic rings. The van der Waals surface area contributed by atoms with Gasteiger partial charge in [-0.15, -0.1) is 24.0 Å². The molecule has 5 nitrogen and oxygen atoms in total. The first-order chi connectivity index (χ1) is 14.1. The van der Waals surface area contributed by atoms with Crippen LogP contribution in [0.1, 0.15) is 43.2 Å². The number of nitrogens with zero attached hydrogens (tertiary/aromatic N) is 1. The number of carbonyl (C=O) groups is 1. The van der Waals surface area contributed by atoms with Crippen molar-refractivity contribution in [1.82, 2.24) is 10.6 Å². The topological polar surface area (TPSA) is 65.5 Å². The van der Waals surface area contributed by atoms with Crippen LogP contribution in [0.4, 0.5) is 10.1 Å². The normalized spacial score (nSPS) is 14.5. The fourth-order valence-corrected chi connectivity index (χ4v) is 3.56. The molecule has 3 N–H and O–H groups in total. The number of anilines is 1. The number of benzene rings is 2. The van der Waals surface area contributed by atoms with Crippen LogP contribution in [0.2, 0.25) is 0 Å². The summed E-state index contributed by atoms with van der Waals surface area (Å²) in [4.78, 5) is 16.7. The van der Waals surface area contributed by atoms with Gasteiger partial charge in [0.1, 0.15) is 5.82 Å². The van der Waals surface area contributed by atoms with Crippen molar-refractivity contribution < 1.29 is 9.18 Å². The van der Waals surface area contributed by atoms with Gasteiger partial charge in [0, 0.05) is 31.7 Å². The lowest BCUT2D eigenvalue weighted by molar-refractivity contribution is -0.120. The number of hydrogen-bond donors (Lipinski definition) is 3. The molecule has 162 valence electrons. The summed E-state index contributed by atoms with van der Waals surface area (Å²) in [6.07, 6.45) is 5.51. The molecule has 0 unspecified atom stereocenters. The lowest BCUT2D eigenvalue weighted by Gasteiger charge is -2.21. The average molecular weight is 524 g/mol. The number of guanidine groups is 1. The minimum absolute atomic E-state index is 0. The van der Waals surface area contributed by atoms with E-state index in [1.807, 2.05) is 24.3 Å². The highest BCUT2D eigenvalue weighted by Gasteiger charge is 2.21. The van der Waals surface area contributed by atoms with Crippen LogP contribution in [0.15, 0.2) is 53.5 Å². The molecular formula is C23H30FIN4O. The molecule has 3 rings (SSSR count). The summed E-state index contributed by atoms with van der Waals surface area (Å²) in [7, 11) is 1.71. The van der Waals surface area contributed by atoms with Crippen molar-refractivity contribution in [2.75, 3.05) is 12.4 Å². The summed E-state index contributed by atoms with van der Waals surface area (Å²) in [5.74, 6) is 0.685. The summed E-state index contributed by atoms with van der Waals surface area (Å²) >= 11 is 0.